The Kier molecular flexibility index (Phi) is 57.2. The summed E-state index contributed by atoms with van der Waals surface area (Å²) >= 11 is 0. The predicted molar refractivity (Wildman–Crippen MR) is 462 cm³/mol. The van der Waals surface area contributed by atoms with Crippen LogP contribution in [0.3, 0.4) is 0 Å². The molecule has 18 aromatic rings. The van der Waals surface area contributed by atoms with Crippen LogP contribution in [0.25, 0.3) is 21.5 Å². The first-order valence-electron chi connectivity index (χ1n) is 36.0. The molecule has 0 unspecified atom stereocenters. The van der Waals surface area contributed by atoms with Crippen LogP contribution in [-0.4, -0.2) is 94.2 Å². The van der Waals surface area contributed by atoms with Gasteiger partial charge < -0.3 is 30.6 Å². The maximum atomic E-state index is 12.1. The smallest absolute Gasteiger partial charge is 0.872 e. The summed E-state index contributed by atoms with van der Waals surface area (Å²) in [5.74, 6) is -2.06. The van der Waals surface area contributed by atoms with Crippen molar-refractivity contribution in [1.82, 2.24) is 59.8 Å². The van der Waals surface area contributed by atoms with E-state index >= 15 is 0 Å². The molecule has 0 saturated heterocycles. The van der Waals surface area contributed by atoms with Gasteiger partial charge in [0.05, 0.1) is 12.4 Å². The molecule has 0 saturated carbocycles. The first kappa shape index (κ1) is 98.3. The van der Waals surface area contributed by atoms with Gasteiger partial charge in [-0.2, -0.15) is 20.4 Å². The Bertz CT molecular complexity index is 4280. The van der Waals surface area contributed by atoms with Crippen LogP contribution in [0.5, 0.6) is 23.0 Å². The van der Waals surface area contributed by atoms with Crippen molar-refractivity contribution < 1.29 is 63.6 Å². The van der Waals surface area contributed by atoms with Gasteiger partial charge in [0.15, 0.2) is 0 Å². The van der Waals surface area contributed by atoms with Crippen molar-refractivity contribution in [2.24, 2.45) is 20.4 Å². The molecule has 0 aliphatic heterocycles. The molecule has 0 amide bonds. The number of para-hydroxylation sites is 2. The van der Waals surface area contributed by atoms with E-state index < -0.39 is 11.8 Å². The minimum Gasteiger partial charge on any atom is -0.872 e. The van der Waals surface area contributed by atoms with Gasteiger partial charge >= 0.3 is 33.0 Å². The van der Waals surface area contributed by atoms with Gasteiger partial charge in [-0.1, -0.05) is 181 Å². The molecule has 0 radical (unpaired) electrons. The fourth-order valence-corrected chi connectivity index (χ4v) is 8.12. The maximum Gasteiger partial charge on any atom is 2.00 e. The quantitative estimate of drug-likeness (QED) is 0.0676. The third kappa shape index (κ3) is 50.3. The average Bonchev–Trinajstić information content (AvgIpc) is 0.818. The number of aromatic hydroxyl groups is 2. The number of benzene rings is 6. The molecular formula is C96H84N16Ni2O6. The van der Waals surface area contributed by atoms with Crippen molar-refractivity contribution in [3.8, 4) is 23.0 Å². The summed E-state index contributed by atoms with van der Waals surface area (Å²) in [5, 5.41) is 84.7. The number of rotatable bonds is 6. The Morgan fingerprint density at radius 3 is 0.525 bits per heavy atom. The zero-order chi connectivity index (χ0) is 83.4. The largest absolute Gasteiger partial charge is 2.00 e. The maximum absolute atomic E-state index is 12.1. The normalized spacial score (nSPS) is 9.43. The molecule has 120 heavy (non-hydrogen) atoms. The van der Waals surface area contributed by atoms with Gasteiger partial charge in [0.2, 0.25) is 0 Å². The van der Waals surface area contributed by atoms with Crippen LogP contribution < -0.4 is 20.4 Å². The van der Waals surface area contributed by atoms with Gasteiger partial charge in [-0.15, -0.1) is 0 Å². The van der Waals surface area contributed by atoms with E-state index in [9.17, 15) is 30.6 Å². The van der Waals surface area contributed by atoms with E-state index in [1.54, 1.807) is 197 Å². The van der Waals surface area contributed by atoms with Gasteiger partial charge in [0, 0.05) is 172 Å². The molecule has 0 aliphatic rings. The summed E-state index contributed by atoms with van der Waals surface area (Å²) in [6, 6.07) is 102. The van der Waals surface area contributed by atoms with E-state index in [0.717, 1.165) is 21.5 Å². The first-order valence-corrected chi connectivity index (χ1v) is 36.0. The van der Waals surface area contributed by atoms with Crippen molar-refractivity contribution in [3.63, 3.8) is 0 Å². The second kappa shape index (κ2) is 69.8. The van der Waals surface area contributed by atoms with Crippen molar-refractivity contribution >= 4 is 45.8 Å². The fraction of sp³-hybridized carbons (Fsp3) is 0. The van der Waals surface area contributed by atoms with Crippen molar-refractivity contribution in [1.29, 1.82) is 0 Å². The fourth-order valence-electron chi connectivity index (χ4n) is 8.12. The van der Waals surface area contributed by atoms with E-state index in [1.165, 1.54) is 36.7 Å². The Labute approximate surface area is 718 Å². The van der Waals surface area contributed by atoms with Crippen LogP contribution in [0.1, 0.15) is 22.3 Å². The standard InChI is InChI=1S/2C18H14N2O3.12C5H5N.2Ni/c2*21-16-8-4-3-7-14(16)11-19-20-18(23)15-9-12-5-1-2-6-13(12)10-17(15)22;12*1-2-4-6-5-3-1;;/h2*1-11,21-22H,(H,20,23);12*1-5H;;/q;;;;;;;;;;;;;;2*+2/p-4/b2*19-11+;;;;;;;;;;;;;;. The summed E-state index contributed by atoms with van der Waals surface area (Å²) in [7, 11) is 0. The number of phenols is 2. The zero-order valence-corrected chi connectivity index (χ0v) is 66.6. The SMILES string of the molecule is [Ni+2].[Ni+2].[O-]/C(=N\N=C\c1ccccc1[O-])c1cc2ccccc2cc1O.[O-]/C(=N\N=C\c1ccccc1[O-])c1cc2ccccc2cc1O.c1ccncc1.c1ccncc1.c1ccncc1.c1ccncc1.c1ccncc1.c1ccncc1.c1ccncc1.c1ccncc1.c1ccncc1.c1ccncc1.c1ccncc1.c1ccncc1. The minimum absolute atomic E-state index is 0. The molecule has 2 N–H and O–H groups in total. The van der Waals surface area contributed by atoms with Gasteiger partial charge in [0.25, 0.3) is 0 Å². The van der Waals surface area contributed by atoms with Gasteiger partial charge in [-0.25, -0.2) is 0 Å². The van der Waals surface area contributed by atoms with Crippen LogP contribution in [0, 0.1) is 0 Å². The monoisotopic (exact) mass is 1670 g/mol. The molecule has 12 heterocycles. The van der Waals surface area contributed by atoms with Gasteiger partial charge in [0.1, 0.15) is 11.5 Å². The van der Waals surface area contributed by atoms with Crippen LogP contribution in [0.15, 0.2) is 509 Å². The van der Waals surface area contributed by atoms with E-state index in [-0.39, 0.29) is 67.1 Å². The predicted octanol–water partition coefficient (Wildman–Crippen LogP) is 16.5. The third-order valence-electron chi connectivity index (χ3n) is 13.5. The van der Waals surface area contributed by atoms with E-state index in [2.05, 4.69) is 80.2 Å². The third-order valence-corrected chi connectivity index (χ3v) is 13.5. The summed E-state index contributed by atoms with van der Waals surface area (Å²) in [4.78, 5) is 45.4. The Morgan fingerprint density at radius 2 is 0.375 bits per heavy atom. The second-order valence-corrected chi connectivity index (χ2v) is 22.1. The number of phenolic OH excluding ortho intramolecular Hbond substituents is 2. The van der Waals surface area contributed by atoms with Gasteiger partial charge in [-0.3, -0.25) is 59.8 Å². The number of hydrogen-bond donors (Lipinski definition) is 2. The van der Waals surface area contributed by atoms with Crippen molar-refractivity contribution in [3.05, 3.63) is 511 Å². The molecular weight excluding hydrogens is 1590 g/mol. The zero-order valence-electron chi connectivity index (χ0n) is 64.7. The number of aromatic nitrogens is 12. The molecule has 0 spiro atoms. The Morgan fingerprint density at radius 1 is 0.217 bits per heavy atom. The van der Waals surface area contributed by atoms with E-state index in [0.29, 0.717) is 11.1 Å². The van der Waals surface area contributed by atoms with Crippen LogP contribution in [0.4, 0.5) is 0 Å². The van der Waals surface area contributed by atoms with Crippen LogP contribution in [0.2, 0.25) is 0 Å². The van der Waals surface area contributed by atoms with Crippen molar-refractivity contribution in [2.45, 2.75) is 0 Å². The van der Waals surface area contributed by atoms with E-state index in [4.69, 9.17) is 0 Å². The Hall–Kier alpha value is -15.9. The molecule has 12 aromatic heterocycles. The summed E-state index contributed by atoms with van der Waals surface area (Å²) < 4.78 is 0. The topological polar surface area (TPSA) is 337 Å². The Balaban J connectivity index is 0.000000350. The van der Waals surface area contributed by atoms with Crippen LogP contribution in [-0.2, 0) is 33.0 Å². The summed E-state index contributed by atoms with van der Waals surface area (Å²) in [5.41, 5.74) is 0.811. The van der Waals surface area contributed by atoms with Crippen molar-refractivity contribution in [2.75, 3.05) is 0 Å². The number of hydrogen-bond acceptors (Lipinski definition) is 22. The molecule has 24 heteroatoms. The van der Waals surface area contributed by atoms with E-state index in [1.807, 2.05) is 267 Å². The first-order chi connectivity index (χ1) is 58.3. The summed E-state index contributed by atoms with van der Waals surface area (Å²) in [6.07, 6.45) is 44.4. The molecule has 0 atom stereocenters. The number of fused-ring (bicyclic) bond motifs is 2. The van der Waals surface area contributed by atoms with Gasteiger partial charge in [-0.05, 0) is 203 Å². The molecule has 0 fully saturated rings. The molecule has 22 nitrogen and oxygen atoms in total. The number of nitrogens with zero attached hydrogens (tertiary/aromatic N) is 16. The molecule has 6 aromatic carbocycles. The van der Waals surface area contributed by atoms with Crippen LogP contribution >= 0.6 is 0 Å². The minimum atomic E-state index is -0.673. The molecule has 0 bridgehead atoms. The number of pyridine rings is 12. The summed E-state index contributed by atoms with van der Waals surface area (Å²) in [6.45, 7) is 0. The average molecular weight is 1680 g/mol. The second-order valence-electron chi connectivity index (χ2n) is 22.1. The molecule has 18 rings (SSSR count). The molecule has 0 aliphatic carbocycles. The molecule has 604 valence electrons.